The average Bonchev–Trinajstić information content (AvgIpc) is 2.77. The predicted molar refractivity (Wildman–Crippen MR) is 112 cm³/mol. The predicted octanol–water partition coefficient (Wildman–Crippen LogP) is 2.77. The van der Waals surface area contributed by atoms with Crippen molar-refractivity contribution in [2.45, 2.75) is 0 Å². The second-order valence-electron chi connectivity index (χ2n) is 6.51. The first-order valence-corrected chi connectivity index (χ1v) is 9.50. The van der Waals surface area contributed by atoms with Gasteiger partial charge in [0.15, 0.2) is 0 Å². The van der Waals surface area contributed by atoms with Crippen molar-refractivity contribution in [3.05, 3.63) is 66.7 Å². The number of carbonyl (C=O) groups is 2. The van der Waals surface area contributed by atoms with E-state index in [0.29, 0.717) is 49.9 Å². The van der Waals surface area contributed by atoms with Crippen LogP contribution in [0.1, 0.15) is 10.4 Å². The zero-order valence-corrected chi connectivity index (χ0v) is 16.2. The number of nitrogens with zero attached hydrogens (tertiary/aromatic N) is 1. The van der Waals surface area contributed by atoms with Crippen LogP contribution in [0.5, 0.6) is 5.75 Å². The van der Waals surface area contributed by atoms with Crippen molar-refractivity contribution in [1.82, 2.24) is 4.90 Å². The van der Waals surface area contributed by atoms with E-state index in [0.717, 1.165) is 5.69 Å². The van der Waals surface area contributed by atoms with Gasteiger partial charge in [-0.2, -0.15) is 0 Å². The van der Waals surface area contributed by atoms with Crippen LogP contribution in [0.2, 0.25) is 0 Å². The Morgan fingerprint density at radius 1 is 1.10 bits per heavy atom. The Kier molecular flexibility index (Phi) is 7.24. The lowest BCUT2D eigenvalue weighted by Crippen LogP contribution is -2.40. The molecule has 29 heavy (non-hydrogen) atoms. The Balaban J connectivity index is 1.49. The third-order valence-corrected chi connectivity index (χ3v) is 4.37. The number of nitrogens with one attached hydrogen (secondary N) is 2. The molecule has 0 spiro atoms. The largest absolute Gasteiger partial charge is 0.489 e. The summed E-state index contributed by atoms with van der Waals surface area (Å²) in [5.74, 6) is 0.497. The van der Waals surface area contributed by atoms with Gasteiger partial charge in [-0.25, -0.2) is 0 Å². The van der Waals surface area contributed by atoms with Crippen molar-refractivity contribution < 1.29 is 19.1 Å². The molecule has 0 bridgehead atoms. The third-order valence-electron chi connectivity index (χ3n) is 4.37. The van der Waals surface area contributed by atoms with Gasteiger partial charge < -0.3 is 25.0 Å². The molecule has 3 rings (SSSR count). The molecule has 7 nitrogen and oxygen atoms in total. The topological polar surface area (TPSA) is 79.9 Å². The van der Waals surface area contributed by atoms with Crippen LogP contribution in [0.15, 0.2) is 61.2 Å². The molecule has 1 saturated heterocycles. The SMILES string of the molecule is C=CCOc1cccc(NCC(=O)Nc2ccc(C(=O)N3CCOCC3)cc2)c1. The summed E-state index contributed by atoms with van der Waals surface area (Å²) < 4.78 is 10.7. The quantitative estimate of drug-likeness (QED) is 0.672. The van der Waals surface area contributed by atoms with Gasteiger partial charge >= 0.3 is 0 Å². The molecule has 1 heterocycles. The lowest BCUT2D eigenvalue weighted by atomic mass is 10.1. The van der Waals surface area contributed by atoms with Gasteiger partial charge in [0, 0.05) is 36.1 Å². The van der Waals surface area contributed by atoms with Crippen LogP contribution < -0.4 is 15.4 Å². The summed E-state index contributed by atoms with van der Waals surface area (Å²) in [5, 5.41) is 5.88. The average molecular weight is 395 g/mol. The second-order valence-corrected chi connectivity index (χ2v) is 6.51. The van der Waals surface area contributed by atoms with Crippen molar-refractivity contribution in [3.8, 4) is 5.75 Å². The summed E-state index contributed by atoms with van der Waals surface area (Å²) in [6.07, 6.45) is 1.67. The Morgan fingerprint density at radius 3 is 2.59 bits per heavy atom. The van der Waals surface area contributed by atoms with Crippen molar-refractivity contribution >= 4 is 23.2 Å². The summed E-state index contributed by atoms with van der Waals surface area (Å²) in [5.41, 5.74) is 2.02. The van der Waals surface area contributed by atoms with E-state index in [2.05, 4.69) is 17.2 Å². The molecule has 2 aromatic carbocycles. The summed E-state index contributed by atoms with van der Waals surface area (Å²) in [7, 11) is 0. The Morgan fingerprint density at radius 2 is 1.86 bits per heavy atom. The zero-order valence-electron chi connectivity index (χ0n) is 16.2. The fraction of sp³-hybridized carbons (Fsp3) is 0.273. The summed E-state index contributed by atoms with van der Waals surface area (Å²) in [4.78, 5) is 26.4. The third kappa shape index (κ3) is 6.08. The number of amides is 2. The molecule has 152 valence electrons. The minimum atomic E-state index is -0.185. The van der Waals surface area contributed by atoms with Gasteiger partial charge in [0.05, 0.1) is 19.8 Å². The molecule has 1 fully saturated rings. The number of carbonyl (C=O) groups excluding carboxylic acids is 2. The number of rotatable bonds is 8. The van der Waals surface area contributed by atoms with Gasteiger partial charge in [-0.05, 0) is 36.4 Å². The lowest BCUT2D eigenvalue weighted by Gasteiger charge is -2.26. The summed E-state index contributed by atoms with van der Waals surface area (Å²) in [6, 6.07) is 14.3. The number of benzene rings is 2. The minimum Gasteiger partial charge on any atom is -0.489 e. The number of morpholine rings is 1. The van der Waals surface area contributed by atoms with Gasteiger partial charge in [-0.1, -0.05) is 18.7 Å². The second kappa shape index (κ2) is 10.3. The van der Waals surface area contributed by atoms with Crippen molar-refractivity contribution in [2.24, 2.45) is 0 Å². The molecule has 7 heteroatoms. The maximum absolute atomic E-state index is 12.4. The Labute approximate surface area is 170 Å². The molecule has 0 aliphatic carbocycles. The minimum absolute atomic E-state index is 0.0219. The van der Waals surface area contributed by atoms with E-state index in [-0.39, 0.29) is 18.4 Å². The van der Waals surface area contributed by atoms with Gasteiger partial charge in [-0.3, -0.25) is 9.59 Å². The highest BCUT2D eigenvalue weighted by Crippen LogP contribution is 2.17. The van der Waals surface area contributed by atoms with Crippen LogP contribution >= 0.6 is 0 Å². The number of anilines is 2. The first kappa shape index (κ1) is 20.4. The highest BCUT2D eigenvalue weighted by atomic mass is 16.5. The van der Waals surface area contributed by atoms with Crippen molar-refractivity contribution in [3.63, 3.8) is 0 Å². The van der Waals surface area contributed by atoms with Crippen molar-refractivity contribution in [1.29, 1.82) is 0 Å². The fourth-order valence-corrected chi connectivity index (χ4v) is 2.88. The first-order valence-electron chi connectivity index (χ1n) is 9.50. The molecule has 1 aliphatic rings. The van der Waals surface area contributed by atoms with E-state index in [1.54, 1.807) is 35.2 Å². The molecule has 2 amide bonds. The van der Waals surface area contributed by atoms with Crippen LogP contribution in [-0.4, -0.2) is 56.2 Å². The van der Waals surface area contributed by atoms with E-state index in [1.807, 2.05) is 24.3 Å². The zero-order chi connectivity index (χ0) is 20.5. The van der Waals surface area contributed by atoms with Gasteiger partial charge in [0.2, 0.25) is 5.91 Å². The molecule has 0 saturated carbocycles. The molecule has 2 aromatic rings. The Hall–Kier alpha value is -3.32. The lowest BCUT2D eigenvalue weighted by molar-refractivity contribution is -0.114. The monoisotopic (exact) mass is 395 g/mol. The maximum atomic E-state index is 12.4. The van der Waals surface area contributed by atoms with Crippen LogP contribution in [-0.2, 0) is 9.53 Å². The standard InChI is InChI=1S/C22H25N3O4/c1-2-12-29-20-5-3-4-19(15-20)23-16-21(26)24-18-8-6-17(7-9-18)22(27)25-10-13-28-14-11-25/h2-9,15,23H,1,10-14,16H2,(H,24,26). The molecule has 0 aromatic heterocycles. The summed E-state index contributed by atoms with van der Waals surface area (Å²) in [6.45, 7) is 6.48. The maximum Gasteiger partial charge on any atom is 0.254 e. The molecule has 1 aliphatic heterocycles. The van der Waals surface area contributed by atoms with Gasteiger partial charge in [-0.15, -0.1) is 0 Å². The molecule has 0 unspecified atom stereocenters. The molecular formula is C22H25N3O4. The molecule has 2 N–H and O–H groups in total. The van der Waals surface area contributed by atoms with Crippen molar-refractivity contribution in [2.75, 3.05) is 50.1 Å². The normalized spacial score (nSPS) is 13.4. The van der Waals surface area contributed by atoms with Gasteiger partial charge in [0.1, 0.15) is 12.4 Å². The van der Waals surface area contributed by atoms with E-state index < -0.39 is 0 Å². The van der Waals surface area contributed by atoms with E-state index in [9.17, 15) is 9.59 Å². The number of ether oxygens (including phenoxy) is 2. The van der Waals surface area contributed by atoms with Crippen LogP contribution in [0.4, 0.5) is 11.4 Å². The molecule has 0 radical (unpaired) electrons. The first-order chi connectivity index (χ1) is 14.2. The number of hydrogen-bond acceptors (Lipinski definition) is 5. The van der Waals surface area contributed by atoms with E-state index in [4.69, 9.17) is 9.47 Å². The van der Waals surface area contributed by atoms with E-state index >= 15 is 0 Å². The van der Waals surface area contributed by atoms with Gasteiger partial charge in [0.25, 0.3) is 5.91 Å². The molecular weight excluding hydrogens is 370 g/mol. The van der Waals surface area contributed by atoms with Crippen LogP contribution in [0.3, 0.4) is 0 Å². The fourth-order valence-electron chi connectivity index (χ4n) is 2.88. The Bertz CT molecular complexity index is 845. The smallest absolute Gasteiger partial charge is 0.254 e. The summed E-state index contributed by atoms with van der Waals surface area (Å²) >= 11 is 0. The molecule has 0 atom stereocenters. The highest BCUT2D eigenvalue weighted by molar-refractivity contribution is 5.96. The highest BCUT2D eigenvalue weighted by Gasteiger charge is 2.18. The van der Waals surface area contributed by atoms with Crippen LogP contribution in [0.25, 0.3) is 0 Å². The number of hydrogen-bond donors (Lipinski definition) is 2. The van der Waals surface area contributed by atoms with E-state index in [1.165, 1.54) is 0 Å². The van der Waals surface area contributed by atoms with Crippen LogP contribution in [0, 0.1) is 0 Å².